The third kappa shape index (κ3) is 2.90. The van der Waals surface area contributed by atoms with Gasteiger partial charge in [-0.1, -0.05) is 6.07 Å². The quantitative estimate of drug-likeness (QED) is 0.902. The fraction of sp³-hybridized carbons (Fsp3) is 0.714. The molecule has 1 N–H and O–H groups in total. The standard InChI is InChI=1S/C21H29N3O2/c25-20(21-11-15-8-16(12-21)10-17(9-15)13-21)23-14-18-2-1-3-22-19(18)24-4-6-26-7-5-24/h1-3,15-17H,4-14H2,(H,23,25). The van der Waals surface area contributed by atoms with Crippen LogP contribution in [-0.4, -0.2) is 37.2 Å². The van der Waals surface area contributed by atoms with Crippen molar-refractivity contribution in [2.75, 3.05) is 31.2 Å². The number of hydrogen-bond donors (Lipinski definition) is 1. The molecule has 5 heteroatoms. The van der Waals surface area contributed by atoms with Gasteiger partial charge in [0.15, 0.2) is 0 Å². The van der Waals surface area contributed by atoms with Crippen LogP contribution in [0.2, 0.25) is 0 Å². The number of pyridine rings is 1. The molecular weight excluding hydrogens is 326 g/mol. The van der Waals surface area contributed by atoms with Crippen molar-refractivity contribution in [3.05, 3.63) is 23.9 Å². The van der Waals surface area contributed by atoms with Crippen molar-refractivity contribution < 1.29 is 9.53 Å². The van der Waals surface area contributed by atoms with Gasteiger partial charge in [-0.15, -0.1) is 0 Å². The van der Waals surface area contributed by atoms with Crippen molar-refractivity contribution in [1.82, 2.24) is 10.3 Å². The molecule has 1 aromatic heterocycles. The summed E-state index contributed by atoms with van der Waals surface area (Å²) < 4.78 is 5.46. The maximum absolute atomic E-state index is 13.2. The summed E-state index contributed by atoms with van der Waals surface area (Å²) in [5.41, 5.74) is 1.04. The van der Waals surface area contributed by atoms with Gasteiger partial charge in [0, 0.05) is 36.8 Å². The van der Waals surface area contributed by atoms with Crippen LogP contribution in [0.3, 0.4) is 0 Å². The van der Waals surface area contributed by atoms with E-state index >= 15 is 0 Å². The highest BCUT2D eigenvalue weighted by Crippen LogP contribution is 2.60. The van der Waals surface area contributed by atoms with E-state index in [0.29, 0.717) is 12.5 Å². The lowest BCUT2D eigenvalue weighted by atomic mass is 9.49. The minimum Gasteiger partial charge on any atom is -0.378 e. The number of carbonyl (C=O) groups is 1. The Bertz CT molecular complexity index is 648. The first-order valence-electron chi connectivity index (χ1n) is 10.3. The Morgan fingerprint density at radius 3 is 2.46 bits per heavy atom. The predicted octanol–water partition coefficient (Wildman–Crippen LogP) is 2.75. The molecule has 0 atom stereocenters. The molecule has 4 bridgehead atoms. The maximum Gasteiger partial charge on any atom is 0.226 e. The Hall–Kier alpha value is -1.62. The van der Waals surface area contributed by atoms with E-state index in [9.17, 15) is 4.79 Å². The highest BCUT2D eigenvalue weighted by molar-refractivity contribution is 5.83. The van der Waals surface area contributed by atoms with Crippen LogP contribution < -0.4 is 10.2 Å². The van der Waals surface area contributed by atoms with E-state index in [0.717, 1.165) is 74.7 Å². The molecule has 5 fully saturated rings. The van der Waals surface area contributed by atoms with E-state index in [1.807, 2.05) is 12.3 Å². The largest absolute Gasteiger partial charge is 0.378 e. The number of nitrogens with zero attached hydrogens (tertiary/aromatic N) is 2. The van der Waals surface area contributed by atoms with Crippen molar-refractivity contribution in [2.24, 2.45) is 23.2 Å². The summed E-state index contributed by atoms with van der Waals surface area (Å²) in [6.07, 6.45) is 9.31. The number of carbonyl (C=O) groups excluding carboxylic acids is 1. The summed E-state index contributed by atoms with van der Waals surface area (Å²) in [4.78, 5) is 20.1. The molecule has 140 valence electrons. The van der Waals surface area contributed by atoms with Crippen LogP contribution in [0.1, 0.15) is 44.1 Å². The molecule has 5 nitrogen and oxygen atoms in total. The number of rotatable bonds is 4. The summed E-state index contributed by atoms with van der Waals surface area (Å²) >= 11 is 0. The first-order chi connectivity index (χ1) is 12.7. The van der Waals surface area contributed by atoms with E-state index in [1.165, 1.54) is 19.3 Å². The van der Waals surface area contributed by atoms with Gasteiger partial charge in [-0.2, -0.15) is 0 Å². The van der Waals surface area contributed by atoms with Gasteiger partial charge < -0.3 is 15.0 Å². The van der Waals surface area contributed by atoms with Crippen molar-refractivity contribution >= 4 is 11.7 Å². The lowest BCUT2D eigenvalue weighted by molar-refractivity contribution is -0.146. The summed E-state index contributed by atoms with van der Waals surface area (Å²) in [6.45, 7) is 3.81. The zero-order valence-corrected chi connectivity index (χ0v) is 15.5. The Morgan fingerprint density at radius 2 is 1.81 bits per heavy atom. The Kier molecular flexibility index (Phi) is 4.15. The molecule has 0 spiro atoms. The number of morpholine rings is 1. The van der Waals surface area contributed by atoms with Crippen LogP contribution in [0.5, 0.6) is 0 Å². The third-order valence-corrected chi connectivity index (χ3v) is 7.14. The number of hydrogen-bond acceptors (Lipinski definition) is 4. The lowest BCUT2D eigenvalue weighted by Crippen LogP contribution is -2.53. The van der Waals surface area contributed by atoms with Gasteiger partial charge in [0.1, 0.15) is 5.82 Å². The first-order valence-corrected chi connectivity index (χ1v) is 10.3. The molecule has 4 aliphatic carbocycles. The van der Waals surface area contributed by atoms with Crippen LogP contribution in [0.25, 0.3) is 0 Å². The zero-order chi connectivity index (χ0) is 17.6. The van der Waals surface area contributed by atoms with Gasteiger partial charge >= 0.3 is 0 Å². The molecule has 0 radical (unpaired) electrons. The predicted molar refractivity (Wildman–Crippen MR) is 99.7 cm³/mol. The normalized spacial score (nSPS) is 35.5. The van der Waals surface area contributed by atoms with Crippen molar-refractivity contribution in [3.63, 3.8) is 0 Å². The van der Waals surface area contributed by atoms with Gasteiger partial charge in [-0.25, -0.2) is 4.98 Å². The molecule has 5 aliphatic rings. The van der Waals surface area contributed by atoms with Gasteiger partial charge in [0.2, 0.25) is 5.91 Å². The van der Waals surface area contributed by atoms with Crippen molar-refractivity contribution in [1.29, 1.82) is 0 Å². The Labute approximate surface area is 155 Å². The SMILES string of the molecule is O=C(NCc1cccnc1N1CCOCC1)C12CC3CC(CC(C3)C1)C2. The van der Waals surface area contributed by atoms with Crippen LogP contribution in [0.15, 0.2) is 18.3 Å². The molecule has 1 amide bonds. The topological polar surface area (TPSA) is 54.5 Å². The zero-order valence-electron chi connectivity index (χ0n) is 15.5. The van der Waals surface area contributed by atoms with E-state index in [2.05, 4.69) is 21.3 Å². The molecule has 26 heavy (non-hydrogen) atoms. The summed E-state index contributed by atoms with van der Waals surface area (Å²) in [6, 6.07) is 4.06. The highest BCUT2D eigenvalue weighted by Gasteiger charge is 2.54. The average Bonchev–Trinajstić information content (AvgIpc) is 2.66. The highest BCUT2D eigenvalue weighted by atomic mass is 16.5. The van der Waals surface area contributed by atoms with Crippen LogP contribution in [0, 0.1) is 23.2 Å². The van der Waals surface area contributed by atoms with E-state index < -0.39 is 0 Å². The van der Waals surface area contributed by atoms with Gasteiger partial charge in [-0.05, 0) is 62.3 Å². The number of amides is 1. The average molecular weight is 355 g/mol. The third-order valence-electron chi connectivity index (χ3n) is 7.14. The first kappa shape index (κ1) is 16.5. The van der Waals surface area contributed by atoms with Crippen molar-refractivity contribution in [2.45, 2.75) is 45.1 Å². The van der Waals surface area contributed by atoms with Crippen LogP contribution in [-0.2, 0) is 16.1 Å². The fourth-order valence-corrected chi connectivity index (χ4v) is 6.38. The molecule has 2 heterocycles. The van der Waals surface area contributed by atoms with Crippen LogP contribution in [0.4, 0.5) is 5.82 Å². The molecule has 6 rings (SSSR count). The minimum absolute atomic E-state index is 0.0733. The Morgan fingerprint density at radius 1 is 1.15 bits per heavy atom. The summed E-state index contributed by atoms with van der Waals surface area (Å²) in [5.74, 6) is 3.70. The molecule has 1 aliphatic heterocycles. The number of anilines is 1. The van der Waals surface area contributed by atoms with Gasteiger partial charge in [0.05, 0.1) is 13.2 Å². The van der Waals surface area contributed by atoms with Crippen molar-refractivity contribution in [3.8, 4) is 0 Å². The van der Waals surface area contributed by atoms with E-state index in [4.69, 9.17) is 4.74 Å². The second-order valence-electron chi connectivity index (χ2n) is 8.97. The molecule has 0 aromatic carbocycles. The van der Waals surface area contributed by atoms with E-state index in [1.54, 1.807) is 0 Å². The lowest BCUT2D eigenvalue weighted by Gasteiger charge is -2.55. The molecule has 4 saturated carbocycles. The fourth-order valence-electron chi connectivity index (χ4n) is 6.38. The molecule has 1 aromatic rings. The monoisotopic (exact) mass is 355 g/mol. The summed E-state index contributed by atoms with van der Waals surface area (Å²) in [5, 5.41) is 3.30. The Balaban J connectivity index is 1.29. The molecule has 0 unspecified atom stereocenters. The van der Waals surface area contributed by atoms with Gasteiger partial charge in [-0.3, -0.25) is 4.79 Å². The number of nitrogens with one attached hydrogen (secondary N) is 1. The smallest absolute Gasteiger partial charge is 0.226 e. The molecular formula is C21H29N3O2. The second kappa shape index (κ2) is 6.52. The van der Waals surface area contributed by atoms with Crippen LogP contribution >= 0.6 is 0 Å². The number of ether oxygens (including phenoxy) is 1. The maximum atomic E-state index is 13.2. The van der Waals surface area contributed by atoms with Gasteiger partial charge in [0.25, 0.3) is 0 Å². The number of aromatic nitrogens is 1. The second-order valence-corrected chi connectivity index (χ2v) is 8.97. The summed E-state index contributed by atoms with van der Waals surface area (Å²) in [7, 11) is 0. The minimum atomic E-state index is -0.0733. The van der Waals surface area contributed by atoms with E-state index in [-0.39, 0.29) is 5.41 Å². The molecule has 1 saturated heterocycles.